The van der Waals surface area contributed by atoms with Gasteiger partial charge in [-0.1, -0.05) is 15.9 Å². The van der Waals surface area contributed by atoms with Gasteiger partial charge < -0.3 is 10.6 Å². The van der Waals surface area contributed by atoms with E-state index in [0.29, 0.717) is 0 Å². The molecule has 1 heterocycles. The molecular formula is C11H13BrClIN2O. The SMILES string of the molecule is Cl.O=C(NC1CCNC1)c1cc(Br)ccc1I. The minimum Gasteiger partial charge on any atom is -0.348 e. The van der Waals surface area contributed by atoms with E-state index in [1.807, 2.05) is 18.2 Å². The van der Waals surface area contributed by atoms with Crippen LogP contribution in [0.15, 0.2) is 22.7 Å². The summed E-state index contributed by atoms with van der Waals surface area (Å²) in [5, 5.41) is 6.27. The molecule has 2 rings (SSSR count). The molecule has 6 heteroatoms. The van der Waals surface area contributed by atoms with Gasteiger partial charge in [-0.25, -0.2) is 0 Å². The van der Waals surface area contributed by atoms with E-state index in [-0.39, 0.29) is 24.4 Å². The summed E-state index contributed by atoms with van der Waals surface area (Å²) in [7, 11) is 0. The zero-order valence-electron chi connectivity index (χ0n) is 9.00. The van der Waals surface area contributed by atoms with Gasteiger partial charge in [-0.3, -0.25) is 4.79 Å². The van der Waals surface area contributed by atoms with Crippen LogP contribution in [0.5, 0.6) is 0 Å². The summed E-state index contributed by atoms with van der Waals surface area (Å²) in [6.45, 7) is 1.86. The molecule has 1 unspecified atom stereocenters. The van der Waals surface area contributed by atoms with E-state index in [2.05, 4.69) is 49.2 Å². The number of rotatable bonds is 2. The van der Waals surface area contributed by atoms with Gasteiger partial charge in [0, 0.05) is 20.6 Å². The van der Waals surface area contributed by atoms with Crippen LogP contribution in [0, 0.1) is 3.57 Å². The number of carbonyl (C=O) groups is 1. The zero-order chi connectivity index (χ0) is 11.5. The third-order valence-electron chi connectivity index (χ3n) is 2.57. The van der Waals surface area contributed by atoms with Gasteiger partial charge >= 0.3 is 0 Å². The standard InChI is InChI=1S/C11H12BrIN2O.ClH/c12-7-1-2-10(13)9(5-7)11(16)15-8-3-4-14-6-8;/h1-2,5,8,14H,3-4,6H2,(H,15,16);1H. The number of carbonyl (C=O) groups excluding carboxylic acids is 1. The van der Waals surface area contributed by atoms with Crippen LogP contribution in [0.3, 0.4) is 0 Å². The first-order chi connectivity index (χ1) is 7.66. The van der Waals surface area contributed by atoms with E-state index in [9.17, 15) is 4.79 Å². The van der Waals surface area contributed by atoms with Gasteiger partial charge in [-0.05, 0) is 53.8 Å². The van der Waals surface area contributed by atoms with Crippen molar-refractivity contribution in [1.82, 2.24) is 10.6 Å². The maximum atomic E-state index is 12.0. The van der Waals surface area contributed by atoms with Crippen molar-refractivity contribution in [2.75, 3.05) is 13.1 Å². The summed E-state index contributed by atoms with van der Waals surface area (Å²) in [6, 6.07) is 6.00. The van der Waals surface area contributed by atoms with Crippen LogP contribution in [0.2, 0.25) is 0 Å². The van der Waals surface area contributed by atoms with Crippen molar-refractivity contribution in [3.8, 4) is 0 Å². The second kappa shape index (κ2) is 6.92. The van der Waals surface area contributed by atoms with Crippen LogP contribution in [0.1, 0.15) is 16.8 Å². The molecule has 1 aromatic rings. The van der Waals surface area contributed by atoms with Gasteiger partial charge in [-0.15, -0.1) is 12.4 Å². The highest BCUT2D eigenvalue weighted by atomic mass is 127. The summed E-state index contributed by atoms with van der Waals surface area (Å²) in [6.07, 6.45) is 1.01. The number of nitrogens with one attached hydrogen (secondary N) is 2. The van der Waals surface area contributed by atoms with Gasteiger partial charge in [0.25, 0.3) is 5.91 Å². The average molecular weight is 431 g/mol. The van der Waals surface area contributed by atoms with Gasteiger partial charge in [0.1, 0.15) is 0 Å². The maximum absolute atomic E-state index is 12.0. The van der Waals surface area contributed by atoms with Crippen LogP contribution in [0.4, 0.5) is 0 Å². The molecule has 1 atom stereocenters. The lowest BCUT2D eigenvalue weighted by molar-refractivity contribution is 0.0939. The molecule has 1 amide bonds. The zero-order valence-corrected chi connectivity index (χ0v) is 13.6. The summed E-state index contributed by atoms with van der Waals surface area (Å²) >= 11 is 5.56. The van der Waals surface area contributed by atoms with Crippen molar-refractivity contribution < 1.29 is 4.79 Å². The highest BCUT2D eigenvalue weighted by molar-refractivity contribution is 14.1. The average Bonchev–Trinajstić information content (AvgIpc) is 2.74. The van der Waals surface area contributed by atoms with E-state index in [1.165, 1.54) is 0 Å². The van der Waals surface area contributed by atoms with Gasteiger partial charge in [-0.2, -0.15) is 0 Å². The first kappa shape index (κ1) is 15.2. The van der Waals surface area contributed by atoms with E-state index in [1.54, 1.807) is 0 Å². The maximum Gasteiger partial charge on any atom is 0.252 e. The van der Waals surface area contributed by atoms with E-state index in [0.717, 1.165) is 33.1 Å². The van der Waals surface area contributed by atoms with E-state index in [4.69, 9.17) is 0 Å². The first-order valence-electron chi connectivity index (χ1n) is 5.13. The quantitative estimate of drug-likeness (QED) is 0.707. The third kappa shape index (κ3) is 4.08. The molecule has 0 spiro atoms. The summed E-state index contributed by atoms with van der Waals surface area (Å²) in [5.74, 6) is 0.0133. The lowest BCUT2D eigenvalue weighted by Crippen LogP contribution is -2.36. The second-order valence-corrected chi connectivity index (χ2v) is 5.87. The normalized spacial score (nSPS) is 18.6. The molecule has 2 N–H and O–H groups in total. The predicted octanol–water partition coefficient (Wildman–Crippen LogP) is 2.57. The monoisotopic (exact) mass is 430 g/mol. The van der Waals surface area contributed by atoms with Crippen molar-refractivity contribution in [1.29, 1.82) is 0 Å². The smallest absolute Gasteiger partial charge is 0.252 e. The van der Waals surface area contributed by atoms with Crippen molar-refractivity contribution in [2.45, 2.75) is 12.5 Å². The van der Waals surface area contributed by atoms with Crippen LogP contribution < -0.4 is 10.6 Å². The number of hydrogen-bond acceptors (Lipinski definition) is 2. The van der Waals surface area contributed by atoms with Crippen molar-refractivity contribution in [2.24, 2.45) is 0 Å². The van der Waals surface area contributed by atoms with Crippen LogP contribution in [-0.2, 0) is 0 Å². The fraction of sp³-hybridized carbons (Fsp3) is 0.364. The molecule has 0 aliphatic carbocycles. The number of benzene rings is 1. The van der Waals surface area contributed by atoms with Crippen molar-refractivity contribution >= 4 is 56.8 Å². The molecule has 1 aliphatic heterocycles. The third-order valence-corrected chi connectivity index (χ3v) is 4.00. The highest BCUT2D eigenvalue weighted by Crippen LogP contribution is 2.18. The first-order valence-corrected chi connectivity index (χ1v) is 7.00. The number of halogens is 3. The van der Waals surface area contributed by atoms with Crippen molar-refractivity contribution in [3.05, 3.63) is 31.8 Å². The molecule has 1 aromatic carbocycles. The van der Waals surface area contributed by atoms with E-state index >= 15 is 0 Å². The molecule has 0 aromatic heterocycles. The Morgan fingerprint density at radius 1 is 1.53 bits per heavy atom. The lowest BCUT2D eigenvalue weighted by atomic mass is 10.2. The Hall–Kier alpha value is 0.150. The van der Waals surface area contributed by atoms with Crippen LogP contribution in [0.25, 0.3) is 0 Å². The van der Waals surface area contributed by atoms with Gasteiger partial charge in [0.2, 0.25) is 0 Å². The molecule has 1 aliphatic rings. The largest absolute Gasteiger partial charge is 0.348 e. The Kier molecular flexibility index (Phi) is 6.19. The number of amides is 1. The van der Waals surface area contributed by atoms with Crippen LogP contribution >= 0.6 is 50.9 Å². The van der Waals surface area contributed by atoms with Gasteiger partial charge in [0.05, 0.1) is 5.56 Å². The molecule has 17 heavy (non-hydrogen) atoms. The molecule has 1 fully saturated rings. The fourth-order valence-electron chi connectivity index (χ4n) is 1.71. The molecule has 0 saturated carbocycles. The fourth-order valence-corrected chi connectivity index (χ4v) is 2.65. The van der Waals surface area contributed by atoms with E-state index < -0.39 is 0 Å². The van der Waals surface area contributed by atoms with Gasteiger partial charge in [0.15, 0.2) is 0 Å². The Labute approximate surface area is 129 Å². The predicted molar refractivity (Wildman–Crippen MR) is 82.8 cm³/mol. The van der Waals surface area contributed by atoms with Crippen molar-refractivity contribution in [3.63, 3.8) is 0 Å². The Balaban J connectivity index is 0.00000144. The molecule has 0 bridgehead atoms. The Morgan fingerprint density at radius 3 is 2.94 bits per heavy atom. The minimum absolute atomic E-state index is 0. The molecular weight excluding hydrogens is 418 g/mol. The molecule has 0 radical (unpaired) electrons. The molecule has 3 nitrogen and oxygen atoms in total. The highest BCUT2D eigenvalue weighted by Gasteiger charge is 2.18. The summed E-state index contributed by atoms with van der Waals surface area (Å²) in [4.78, 5) is 12.0. The lowest BCUT2D eigenvalue weighted by Gasteiger charge is -2.12. The molecule has 94 valence electrons. The topological polar surface area (TPSA) is 41.1 Å². The summed E-state index contributed by atoms with van der Waals surface area (Å²) < 4.78 is 1.91. The summed E-state index contributed by atoms with van der Waals surface area (Å²) in [5.41, 5.74) is 0.738. The Bertz CT molecular complexity index is 410. The molecule has 1 saturated heterocycles. The number of hydrogen-bond donors (Lipinski definition) is 2. The Morgan fingerprint density at radius 2 is 2.29 bits per heavy atom. The van der Waals surface area contributed by atoms with Crippen LogP contribution in [-0.4, -0.2) is 25.0 Å². The second-order valence-electron chi connectivity index (χ2n) is 3.79. The minimum atomic E-state index is 0.